The van der Waals surface area contributed by atoms with E-state index in [4.69, 9.17) is 17.3 Å². The molecule has 0 bridgehead atoms. The SMILES string of the molecule is Nc1cccc(Cl)c1S(=O)(=O)N1CCCC1C1CCCC1. The Kier molecular flexibility index (Phi) is 4.17. The highest BCUT2D eigenvalue weighted by Gasteiger charge is 2.41. The van der Waals surface area contributed by atoms with E-state index >= 15 is 0 Å². The fraction of sp³-hybridized carbons (Fsp3) is 0.600. The number of benzene rings is 1. The summed E-state index contributed by atoms with van der Waals surface area (Å²) in [5, 5.41) is 0.215. The summed E-state index contributed by atoms with van der Waals surface area (Å²) in [5.41, 5.74) is 6.12. The van der Waals surface area contributed by atoms with Gasteiger partial charge in [0.25, 0.3) is 0 Å². The van der Waals surface area contributed by atoms with E-state index in [1.165, 1.54) is 12.8 Å². The van der Waals surface area contributed by atoms with E-state index in [-0.39, 0.29) is 21.6 Å². The number of nitrogens with zero attached hydrogens (tertiary/aromatic N) is 1. The molecular formula is C15H21ClN2O2S. The predicted octanol–water partition coefficient (Wildman–Crippen LogP) is 3.27. The van der Waals surface area contributed by atoms with Gasteiger partial charge in [0.2, 0.25) is 10.0 Å². The smallest absolute Gasteiger partial charge is 0.246 e. The van der Waals surface area contributed by atoms with Crippen LogP contribution in [0.25, 0.3) is 0 Å². The molecule has 0 amide bonds. The maximum atomic E-state index is 13.0. The Morgan fingerprint density at radius 1 is 1.14 bits per heavy atom. The first-order valence-electron chi connectivity index (χ1n) is 7.57. The van der Waals surface area contributed by atoms with Gasteiger partial charge in [0.05, 0.1) is 10.7 Å². The first kappa shape index (κ1) is 15.1. The fourth-order valence-electron chi connectivity index (χ4n) is 3.79. The molecule has 6 heteroatoms. The third-order valence-corrected chi connectivity index (χ3v) is 7.23. The van der Waals surface area contributed by atoms with E-state index in [1.807, 2.05) is 0 Å². The van der Waals surface area contributed by atoms with Gasteiger partial charge in [0, 0.05) is 12.6 Å². The zero-order chi connectivity index (χ0) is 15.0. The van der Waals surface area contributed by atoms with E-state index in [2.05, 4.69) is 0 Å². The number of anilines is 1. The maximum absolute atomic E-state index is 13.0. The summed E-state index contributed by atoms with van der Waals surface area (Å²) in [6.45, 7) is 0.578. The van der Waals surface area contributed by atoms with Crippen LogP contribution in [0.4, 0.5) is 5.69 Å². The lowest BCUT2D eigenvalue weighted by molar-refractivity contribution is 0.288. The summed E-state index contributed by atoms with van der Waals surface area (Å²) in [6.07, 6.45) is 6.56. The number of nitrogen functional groups attached to an aromatic ring is 1. The predicted molar refractivity (Wildman–Crippen MR) is 84.7 cm³/mol. The van der Waals surface area contributed by atoms with Gasteiger partial charge in [-0.1, -0.05) is 30.5 Å². The van der Waals surface area contributed by atoms with Gasteiger partial charge < -0.3 is 5.73 Å². The van der Waals surface area contributed by atoms with Crippen molar-refractivity contribution in [1.82, 2.24) is 4.31 Å². The van der Waals surface area contributed by atoms with Gasteiger partial charge in [-0.15, -0.1) is 0 Å². The fourth-order valence-corrected chi connectivity index (χ4v) is 6.19. The largest absolute Gasteiger partial charge is 0.398 e. The molecule has 0 aromatic heterocycles. The van der Waals surface area contributed by atoms with Crippen LogP contribution in [0.15, 0.2) is 23.1 Å². The van der Waals surface area contributed by atoms with Crippen molar-refractivity contribution in [1.29, 1.82) is 0 Å². The Hall–Kier alpha value is -0.780. The number of rotatable bonds is 3. The molecular weight excluding hydrogens is 308 g/mol. The molecule has 1 unspecified atom stereocenters. The van der Waals surface area contributed by atoms with Crippen LogP contribution in [0.1, 0.15) is 38.5 Å². The summed E-state index contributed by atoms with van der Waals surface area (Å²) in [5.74, 6) is 0.492. The highest BCUT2D eigenvalue weighted by Crippen LogP contribution is 2.40. The summed E-state index contributed by atoms with van der Waals surface area (Å²) in [6, 6.07) is 4.98. The van der Waals surface area contributed by atoms with Crippen molar-refractivity contribution in [3.8, 4) is 0 Å². The van der Waals surface area contributed by atoms with E-state index in [9.17, 15) is 8.42 Å². The molecule has 1 aliphatic heterocycles. The highest BCUT2D eigenvalue weighted by molar-refractivity contribution is 7.89. The minimum Gasteiger partial charge on any atom is -0.398 e. The number of sulfonamides is 1. The van der Waals surface area contributed by atoms with Crippen LogP contribution in [0.3, 0.4) is 0 Å². The second-order valence-corrected chi connectivity index (χ2v) is 8.26. The van der Waals surface area contributed by atoms with Crippen molar-refractivity contribution < 1.29 is 8.42 Å². The van der Waals surface area contributed by atoms with E-state index in [1.54, 1.807) is 22.5 Å². The second kappa shape index (κ2) is 5.78. The van der Waals surface area contributed by atoms with E-state index in [0.717, 1.165) is 25.7 Å². The van der Waals surface area contributed by atoms with Gasteiger partial charge in [0.1, 0.15) is 4.90 Å². The second-order valence-electron chi connectivity index (χ2n) is 6.03. The monoisotopic (exact) mass is 328 g/mol. The number of hydrogen-bond acceptors (Lipinski definition) is 3. The Bertz CT molecular complexity index is 606. The summed E-state index contributed by atoms with van der Waals surface area (Å²) in [4.78, 5) is 0.0802. The first-order valence-corrected chi connectivity index (χ1v) is 9.39. The maximum Gasteiger partial charge on any atom is 0.246 e. The molecule has 21 heavy (non-hydrogen) atoms. The van der Waals surface area contributed by atoms with Crippen LogP contribution in [-0.4, -0.2) is 25.3 Å². The van der Waals surface area contributed by atoms with Gasteiger partial charge in [-0.2, -0.15) is 4.31 Å². The molecule has 1 saturated heterocycles. The van der Waals surface area contributed by atoms with Crippen molar-refractivity contribution in [2.24, 2.45) is 5.92 Å². The van der Waals surface area contributed by atoms with Gasteiger partial charge in [0.15, 0.2) is 0 Å². The van der Waals surface area contributed by atoms with E-state index < -0.39 is 10.0 Å². The summed E-state index contributed by atoms with van der Waals surface area (Å²) >= 11 is 6.11. The van der Waals surface area contributed by atoms with Crippen LogP contribution in [0.2, 0.25) is 5.02 Å². The third-order valence-electron chi connectivity index (χ3n) is 4.76. The number of halogens is 1. The quantitative estimate of drug-likeness (QED) is 0.866. The molecule has 2 fully saturated rings. The molecule has 4 nitrogen and oxygen atoms in total. The molecule has 3 rings (SSSR count). The minimum atomic E-state index is -3.61. The van der Waals surface area contributed by atoms with Crippen molar-refractivity contribution in [2.45, 2.75) is 49.5 Å². The lowest BCUT2D eigenvalue weighted by Crippen LogP contribution is -2.39. The van der Waals surface area contributed by atoms with Crippen LogP contribution >= 0.6 is 11.6 Å². The molecule has 1 atom stereocenters. The topological polar surface area (TPSA) is 63.4 Å². The van der Waals surface area contributed by atoms with Gasteiger partial charge in [-0.25, -0.2) is 8.42 Å². The van der Waals surface area contributed by atoms with Crippen molar-refractivity contribution in [3.63, 3.8) is 0 Å². The lowest BCUT2D eigenvalue weighted by Gasteiger charge is -2.29. The van der Waals surface area contributed by atoms with Crippen LogP contribution in [0.5, 0.6) is 0 Å². The Balaban J connectivity index is 1.97. The van der Waals surface area contributed by atoms with E-state index in [0.29, 0.717) is 12.5 Å². The average molecular weight is 329 g/mol. The number of nitrogens with two attached hydrogens (primary N) is 1. The summed E-state index contributed by atoms with van der Waals surface area (Å²) in [7, 11) is -3.61. The molecule has 1 saturated carbocycles. The molecule has 2 aliphatic rings. The minimum absolute atomic E-state index is 0.0802. The van der Waals surface area contributed by atoms with Crippen molar-refractivity contribution in [3.05, 3.63) is 23.2 Å². The zero-order valence-corrected chi connectivity index (χ0v) is 13.5. The lowest BCUT2D eigenvalue weighted by atomic mass is 9.97. The summed E-state index contributed by atoms with van der Waals surface area (Å²) < 4.78 is 27.7. The van der Waals surface area contributed by atoms with Crippen LogP contribution in [-0.2, 0) is 10.0 Å². The van der Waals surface area contributed by atoms with Gasteiger partial charge in [-0.3, -0.25) is 0 Å². The molecule has 1 aromatic rings. The first-order chi connectivity index (χ1) is 10.0. The number of hydrogen-bond donors (Lipinski definition) is 1. The standard InChI is InChI=1S/C15H21ClN2O2S/c16-12-7-3-8-13(17)15(12)21(19,20)18-10-4-9-14(18)11-5-1-2-6-11/h3,7-8,11,14H,1-2,4-6,9-10,17H2. The van der Waals surface area contributed by atoms with Gasteiger partial charge >= 0.3 is 0 Å². The average Bonchev–Trinajstić information content (AvgIpc) is 3.09. The highest BCUT2D eigenvalue weighted by atomic mass is 35.5. The Morgan fingerprint density at radius 3 is 2.52 bits per heavy atom. The molecule has 1 aromatic carbocycles. The molecule has 116 valence electrons. The van der Waals surface area contributed by atoms with Crippen molar-refractivity contribution >= 4 is 27.3 Å². The van der Waals surface area contributed by atoms with Gasteiger partial charge in [-0.05, 0) is 43.7 Å². The third kappa shape index (κ3) is 2.67. The van der Waals surface area contributed by atoms with Crippen LogP contribution < -0.4 is 5.73 Å². The molecule has 2 N–H and O–H groups in total. The van der Waals surface area contributed by atoms with Crippen molar-refractivity contribution in [2.75, 3.05) is 12.3 Å². The zero-order valence-electron chi connectivity index (χ0n) is 12.0. The van der Waals surface area contributed by atoms with Crippen LogP contribution in [0, 0.1) is 5.92 Å². The Morgan fingerprint density at radius 2 is 1.86 bits per heavy atom. The molecule has 1 aliphatic carbocycles. The molecule has 0 spiro atoms. The normalized spacial score (nSPS) is 24.7. The Labute approximate surface area is 131 Å². The molecule has 1 heterocycles. The molecule has 0 radical (unpaired) electrons.